The number of hydrogen-bond donors (Lipinski definition) is 0. The van der Waals surface area contributed by atoms with Crippen LogP contribution < -0.4 is 0 Å². The van der Waals surface area contributed by atoms with Crippen molar-refractivity contribution in [1.82, 2.24) is 0 Å². The summed E-state index contributed by atoms with van der Waals surface area (Å²) in [7, 11) is 0. The first-order chi connectivity index (χ1) is 7.58. The molecule has 4 atom stereocenters. The van der Waals surface area contributed by atoms with Crippen molar-refractivity contribution in [3.05, 3.63) is 0 Å². The number of carbonyl (C=O) groups is 2. The topological polar surface area (TPSA) is 52.6 Å². The van der Waals surface area contributed by atoms with Crippen molar-refractivity contribution in [3.63, 3.8) is 0 Å². The Morgan fingerprint density at radius 1 is 1.12 bits per heavy atom. The minimum atomic E-state index is -0.260. The monoisotopic (exact) mass is 226 g/mol. The normalized spacial score (nSPS) is 36.1. The maximum atomic E-state index is 11.0. The van der Waals surface area contributed by atoms with E-state index in [2.05, 4.69) is 0 Å². The molecule has 0 spiro atoms. The molecule has 0 N–H and O–H groups in total. The van der Waals surface area contributed by atoms with Gasteiger partial charge in [0.05, 0.1) is 6.61 Å². The van der Waals surface area contributed by atoms with Crippen LogP contribution in [-0.4, -0.2) is 24.6 Å². The molecule has 0 radical (unpaired) electrons. The van der Waals surface area contributed by atoms with Gasteiger partial charge in [0.25, 0.3) is 0 Å². The molecule has 90 valence electrons. The number of rotatable bonds is 3. The zero-order valence-electron chi connectivity index (χ0n) is 9.77. The highest BCUT2D eigenvalue weighted by molar-refractivity contribution is 5.66. The first kappa shape index (κ1) is 11.4. The first-order valence-corrected chi connectivity index (χ1v) is 5.88. The highest BCUT2D eigenvalue weighted by Gasteiger charge is 2.49. The van der Waals surface area contributed by atoms with E-state index in [1.54, 1.807) is 0 Å². The van der Waals surface area contributed by atoms with Crippen LogP contribution in [0.1, 0.15) is 33.1 Å². The summed E-state index contributed by atoms with van der Waals surface area (Å²) in [6.07, 6.45) is 3.40. The second-order valence-corrected chi connectivity index (χ2v) is 4.87. The molecular weight excluding hydrogens is 208 g/mol. The van der Waals surface area contributed by atoms with Gasteiger partial charge >= 0.3 is 11.9 Å². The van der Waals surface area contributed by atoms with E-state index in [0.29, 0.717) is 18.4 Å². The Balaban J connectivity index is 1.97. The Morgan fingerprint density at radius 3 is 2.44 bits per heavy atom. The van der Waals surface area contributed by atoms with Crippen molar-refractivity contribution >= 4 is 11.9 Å². The lowest BCUT2D eigenvalue weighted by Crippen LogP contribution is -2.35. The van der Waals surface area contributed by atoms with Crippen LogP contribution in [0.2, 0.25) is 0 Å². The number of fused-ring (bicyclic) bond motifs is 2. The molecule has 4 heteroatoms. The van der Waals surface area contributed by atoms with Gasteiger partial charge in [-0.25, -0.2) is 0 Å². The number of hydrogen-bond acceptors (Lipinski definition) is 4. The van der Waals surface area contributed by atoms with Gasteiger partial charge in [0, 0.05) is 19.8 Å². The Bertz CT molecular complexity index is 299. The molecule has 0 aromatic carbocycles. The molecule has 0 aliphatic heterocycles. The molecule has 2 bridgehead atoms. The fourth-order valence-corrected chi connectivity index (χ4v) is 3.18. The third-order valence-electron chi connectivity index (χ3n) is 3.79. The summed E-state index contributed by atoms with van der Waals surface area (Å²) in [6, 6.07) is 0. The van der Waals surface area contributed by atoms with E-state index >= 15 is 0 Å². The molecule has 0 aromatic rings. The molecule has 2 rings (SSSR count). The SMILES string of the molecule is CC(=O)OC[C@H]1[C@@H]2CC[C@@H](C2)[C@H]1OC(C)=O. The van der Waals surface area contributed by atoms with E-state index in [4.69, 9.17) is 9.47 Å². The smallest absolute Gasteiger partial charge is 0.302 e. The summed E-state index contributed by atoms with van der Waals surface area (Å²) in [5, 5.41) is 0. The maximum Gasteiger partial charge on any atom is 0.302 e. The predicted molar refractivity (Wildman–Crippen MR) is 56.5 cm³/mol. The zero-order chi connectivity index (χ0) is 11.7. The van der Waals surface area contributed by atoms with Gasteiger partial charge in [-0.05, 0) is 31.1 Å². The van der Waals surface area contributed by atoms with E-state index in [1.165, 1.54) is 20.3 Å². The van der Waals surface area contributed by atoms with Crippen LogP contribution in [0.4, 0.5) is 0 Å². The van der Waals surface area contributed by atoms with Crippen molar-refractivity contribution < 1.29 is 19.1 Å². The van der Waals surface area contributed by atoms with Gasteiger partial charge < -0.3 is 9.47 Å². The molecule has 0 saturated heterocycles. The van der Waals surface area contributed by atoms with Gasteiger partial charge in [0.1, 0.15) is 6.10 Å². The summed E-state index contributed by atoms with van der Waals surface area (Å²) < 4.78 is 10.4. The number of carbonyl (C=O) groups excluding carboxylic acids is 2. The predicted octanol–water partition coefficient (Wildman–Crippen LogP) is 1.53. The highest BCUT2D eigenvalue weighted by Crippen LogP contribution is 2.49. The van der Waals surface area contributed by atoms with Gasteiger partial charge in [0.15, 0.2) is 0 Å². The largest absolute Gasteiger partial charge is 0.465 e. The van der Waals surface area contributed by atoms with E-state index in [-0.39, 0.29) is 24.0 Å². The number of ether oxygens (including phenoxy) is 2. The van der Waals surface area contributed by atoms with Crippen LogP contribution in [-0.2, 0) is 19.1 Å². The fourth-order valence-electron chi connectivity index (χ4n) is 3.18. The molecule has 0 heterocycles. The lowest BCUT2D eigenvalue weighted by molar-refractivity contribution is -0.155. The lowest BCUT2D eigenvalue weighted by Gasteiger charge is -2.29. The second kappa shape index (κ2) is 4.44. The molecule has 0 unspecified atom stereocenters. The molecule has 2 saturated carbocycles. The van der Waals surface area contributed by atoms with Crippen LogP contribution in [0, 0.1) is 17.8 Å². The molecule has 4 nitrogen and oxygen atoms in total. The molecule has 2 fully saturated rings. The Kier molecular flexibility index (Phi) is 3.17. The van der Waals surface area contributed by atoms with Crippen LogP contribution >= 0.6 is 0 Å². The molecule has 0 amide bonds. The highest BCUT2D eigenvalue weighted by atomic mass is 16.6. The van der Waals surface area contributed by atoms with Gasteiger partial charge in [-0.15, -0.1) is 0 Å². The minimum absolute atomic E-state index is 0.0319. The first-order valence-electron chi connectivity index (χ1n) is 5.88. The Hall–Kier alpha value is -1.06. The van der Waals surface area contributed by atoms with Crippen molar-refractivity contribution in [1.29, 1.82) is 0 Å². The third-order valence-corrected chi connectivity index (χ3v) is 3.79. The quantitative estimate of drug-likeness (QED) is 0.685. The van der Waals surface area contributed by atoms with Crippen molar-refractivity contribution in [3.8, 4) is 0 Å². The molecule has 0 aromatic heterocycles. The minimum Gasteiger partial charge on any atom is -0.465 e. The van der Waals surface area contributed by atoms with Crippen LogP contribution in [0.3, 0.4) is 0 Å². The summed E-state index contributed by atoms with van der Waals surface area (Å²) in [6.45, 7) is 3.25. The van der Waals surface area contributed by atoms with Gasteiger partial charge in [0.2, 0.25) is 0 Å². The Morgan fingerprint density at radius 2 is 1.81 bits per heavy atom. The summed E-state index contributed by atoms with van der Waals surface area (Å²) in [4.78, 5) is 21.8. The standard InChI is InChI=1S/C12H18O4/c1-7(13)15-6-11-9-3-4-10(5-9)12(11)16-8(2)14/h9-12H,3-6H2,1-2H3/t9-,10+,11+,12-/m1/s1. The molecular formula is C12H18O4. The number of esters is 2. The van der Waals surface area contributed by atoms with Gasteiger partial charge in [-0.2, -0.15) is 0 Å². The maximum absolute atomic E-state index is 11.0. The van der Waals surface area contributed by atoms with E-state index in [1.807, 2.05) is 0 Å². The van der Waals surface area contributed by atoms with E-state index in [9.17, 15) is 9.59 Å². The van der Waals surface area contributed by atoms with Crippen LogP contribution in [0.15, 0.2) is 0 Å². The molecule has 16 heavy (non-hydrogen) atoms. The van der Waals surface area contributed by atoms with Gasteiger partial charge in [-0.3, -0.25) is 9.59 Å². The van der Waals surface area contributed by atoms with Crippen LogP contribution in [0.25, 0.3) is 0 Å². The third kappa shape index (κ3) is 2.20. The van der Waals surface area contributed by atoms with Crippen molar-refractivity contribution in [2.45, 2.75) is 39.2 Å². The zero-order valence-corrected chi connectivity index (χ0v) is 9.77. The fraction of sp³-hybridized carbons (Fsp3) is 0.833. The molecule has 2 aliphatic carbocycles. The lowest BCUT2D eigenvalue weighted by atomic mass is 9.87. The van der Waals surface area contributed by atoms with Crippen LogP contribution in [0.5, 0.6) is 0 Å². The average Bonchev–Trinajstić information content (AvgIpc) is 2.74. The summed E-state index contributed by atoms with van der Waals surface area (Å²) in [5.74, 6) is 0.768. The van der Waals surface area contributed by atoms with Crippen molar-refractivity contribution in [2.24, 2.45) is 17.8 Å². The van der Waals surface area contributed by atoms with E-state index in [0.717, 1.165) is 12.8 Å². The van der Waals surface area contributed by atoms with Gasteiger partial charge in [-0.1, -0.05) is 0 Å². The molecule has 2 aliphatic rings. The second-order valence-electron chi connectivity index (χ2n) is 4.87. The summed E-state index contributed by atoms with van der Waals surface area (Å²) >= 11 is 0. The van der Waals surface area contributed by atoms with E-state index < -0.39 is 0 Å². The summed E-state index contributed by atoms with van der Waals surface area (Å²) in [5.41, 5.74) is 0. The Labute approximate surface area is 95.3 Å². The van der Waals surface area contributed by atoms with Crippen molar-refractivity contribution in [2.75, 3.05) is 6.61 Å². The average molecular weight is 226 g/mol.